The van der Waals surface area contributed by atoms with Gasteiger partial charge in [-0.3, -0.25) is 19.7 Å². The van der Waals surface area contributed by atoms with Gasteiger partial charge in [0, 0.05) is 19.0 Å². The Morgan fingerprint density at radius 3 is 2.71 bits per heavy atom. The number of hydrogen-bond donors (Lipinski definition) is 1. The Morgan fingerprint density at radius 2 is 2.05 bits per heavy atom. The van der Waals surface area contributed by atoms with Crippen LogP contribution < -0.4 is 10.1 Å². The first-order valence-electron chi connectivity index (χ1n) is 6.24. The fraction of sp³-hybridized carbons (Fsp3) is 0.385. The van der Waals surface area contributed by atoms with Crippen molar-refractivity contribution in [2.75, 3.05) is 20.3 Å². The Hall–Kier alpha value is -2.64. The third-order valence-electron chi connectivity index (χ3n) is 2.53. The van der Waals surface area contributed by atoms with Crippen LogP contribution in [0.2, 0.25) is 0 Å². The van der Waals surface area contributed by atoms with Gasteiger partial charge in [-0.15, -0.1) is 0 Å². The minimum absolute atomic E-state index is 0.0345. The molecule has 21 heavy (non-hydrogen) atoms. The molecular weight excluding hydrogens is 280 g/mol. The highest BCUT2D eigenvalue weighted by Gasteiger charge is 2.14. The van der Waals surface area contributed by atoms with E-state index in [0.717, 1.165) is 0 Å². The van der Waals surface area contributed by atoms with Crippen molar-refractivity contribution >= 4 is 17.6 Å². The molecule has 0 atom stereocenters. The molecule has 1 aromatic rings. The zero-order chi connectivity index (χ0) is 15.7. The molecule has 0 spiro atoms. The molecule has 0 aliphatic heterocycles. The number of nitro benzene ring substituents is 1. The Morgan fingerprint density at radius 1 is 1.33 bits per heavy atom. The quantitative estimate of drug-likeness (QED) is 0.332. The minimum Gasteiger partial charge on any atom is -0.477 e. The van der Waals surface area contributed by atoms with E-state index in [9.17, 15) is 19.7 Å². The number of carbonyl (C=O) groups excluding carboxylic acids is 2. The van der Waals surface area contributed by atoms with Gasteiger partial charge < -0.3 is 14.8 Å². The molecule has 0 bridgehead atoms. The van der Waals surface area contributed by atoms with Crippen molar-refractivity contribution in [3.63, 3.8) is 0 Å². The van der Waals surface area contributed by atoms with E-state index in [2.05, 4.69) is 10.1 Å². The van der Waals surface area contributed by atoms with Crippen LogP contribution in [-0.2, 0) is 14.3 Å². The van der Waals surface area contributed by atoms with Crippen LogP contribution in [0.5, 0.6) is 5.75 Å². The fourth-order valence-corrected chi connectivity index (χ4v) is 1.49. The average molecular weight is 296 g/mol. The first kappa shape index (κ1) is 16.4. The van der Waals surface area contributed by atoms with Gasteiger partial charge in [-0.2, -0.15) is 0 Å². The van der Waals surface area contributed by atoms with E-state index < -0.39 is 10.8 Å². The Labute approximate surface area is 121 Å². The topological polar surface area (TPSA) is 108 Å². The van der Waals surface area contributed by atoms with Crippen molar-refractivity contribution in [2.24, 2.45) is 0 Å². The molecule has 0 aliphatic rings. The molecule has 0 heterocycles. The molecule has 8 heteroatoms. The van der Waals surface area contributed by atoms with Crippen LogP contribution in [-0.4, -0.2) is 37.1 Å². The average Bonchev–Trinajstić information content (AvgIpc) is 2.49. The summed E-state index contributed by atoms with van der Waals surface area (Å²) in [4.78, 5) is 32.5. The number of nitrogens with zero attached hydrogens (tertiary/aromatic N) is 1. The van der Waals surface area contributed by atoms with Crippen LogP contribution in [0.1, 0.15) is 12.8 Å². The van der Waals surface area contributed by atoms with Gasteiger partial charge in [-0.25, -0.2) is 0 Å². The van der Waals surface area contributed by atoms with Gasteiger partial charge in [0.2, 0.25) is 0 Å². The van der Waals surface area contributed by atoms with E-state index in [1.165, 1.54) is 25.3 Å². The number of methoxy groups -OCH3 is 1. The van der Waals surface area contributed by atoms with Gasteiger partial charge in [0.1, 0.15) is 0 Å². The van der Waals surface area contributed by atoms with Crippen molar-refractivity contribution in [3.8, 4) is 5.75 Å². The van der Waals surface area contributed by atoms with E-state index in [1.54, 1.807) is 6.07 Å². The number of rotatable bonds is 8. The van der Waals surface area contributed by atoms with Crippen molar-refractivity contribution in [2.45, 2.75) is 12.8 Å². The van der Waals surface area contributed by atoms with Crippen LogP contribution in [0.4, 0.5) is 5.69 Å². The standard InChI is InChI=1S/C13H16N2O6/c1-20-13(17)7-4-8-14-12(16)9-21-11-6-3-2-5-10(11)15(18)19/h2-3,5-6H,4,7-9H2,1H3,(H,14,16). The Bertz CT molecular complexity index is 517. The first-order valence-corrected chi connectivity index (χ1v) is 6.24. The van der Waals surface area contributed by atoms with E-state index >= 15 is 0 Å². The zero-order valence-corrected chi connectivity index (χ0v) is 11.5. The maximum Gasteiger partial charge on any atom is 0.310 e. The SMILES string of the molecule is COC(=O)CCCNC(=O)COc1ccccc1[N+](=O)[O-]. The summed E-state index contributed by atoms with van der Waals surface area (Å²) in [5.74, 6) is -0.731. The molecule has 0 unspecified atom stereocenters. The van der Waals surface area contributed by atoms with E-state index in [0.29, 0.717) is 13.0 Å². The number of ether oxygens (including phenoxy) is 2. The van der Waals surface area contributed by atoms with Crippen LogP contribution in [0, 0.1) is 10.1 Å². The maximum atomic E-state index is 11.5. The summed E-state index contributed by atoms with van der Waals surface area (Å²) < 4.78 is 9.57. The Kier molecular flexibility index (Phi) is 6.66. The van der Waals surface area contributed by atoms with Crippen LogP contribution >= 0.6 is 0 Å². The van der Waals surface area contributed by atoms with Crippen molar-refractivity contribution in [1.29, 1.82) is 0 Å². The summed E-state index contributed by atoms with van der Waals surface area (Å²) in [5, 5.41) is 13.3. The number of benzene rings is 1. The summed E-state index contributed by atoms with van der Waals surface area (Å²) in [7, 11) is 1.29. The zero-order valence-electron chi connectivity index (χ0n) is 11.5. The molecule has 0 aliphatic carbocycles. The summed E-state index contributed by atoms with van der Waals surface area (Å²) >= 11 is 0. The molecule has 8 nitrogen and oxygen atoms in total. The highest BCUT2D eigenvalue weighted by atomic mass is 16.6. The van der Waals surface area contributed by atoms with Gasteiger partial charge >= 0.3 is 11.7 Å². The predicted molar refractivity (Wildman–Crippen MR) is 72.9 cm³/mol. The van der Waals surface area contributed by atoms with Gasteiger partial charge in [-0.1, -0.05) is 12.1 Å². The molecule has 0 fully saturated rings. The summed E-state index contributed by atoms with van der Waals surface area (Å²) in [6.45, 7) is -0.0305. The van der Waals surface area contributed by atoms with E-state index in [4.69, 9.17) is 4.74 Å². The van der Waals surface area contributed by atoms with Gasteiger partial charge in [-0.05, 0) is 12.5 Å². The second-order valence-electron chi connectivity index (χ2n) is 4.04. The molecule has 114 valence electrons. The summed E-state index contributed by atoms with van der Waals surface area (Å²) in [6.07, 6.45) is 0.658. The molecular formula is C13H16N2O6. The number of hydrogen-bond acceptors (Lipinski definition) is 6. The molecule has 1 aromatic carbocycles. The molecule has 1 amide bonds. The third-order valence-corrected chi connectivity index (χ3v) is 2.53. The number of para-hydroxylation sites is 2. The number of nitrogens with one attached hydrogen (secondary N) is 1. The van der Waals surface area contributed by atoms with E-state index in [1.807, 2.05) is 0 Å². The third kappa shape index (κ3) is 5.89. The lowest BCUT2D eigenvalue weighted by atomic mass is 10.3. The Balaban J connectivity index is 2.33. The van der Waals surface area contributed by atoms with Gasteiger partial charge in [0.15, 0.2) is 12.4 Å². The summed E-state index contributed by atoms with van der Waals surface area (Å²) in [5.41, 5.74) is -0.198. The molecule has 0 saturated heterocycles. The highest BCUT2D eigenvalue weighted by Crippen LogP contribution is 2.25. The summed E-state index contributed by atoms with van der Waals surface area (Å²) in [6, 6.07) is 5.81. The monoisotopic (exact) mass is 296 g/mol. The number of esters is 1. The lowest BCUT2D eigenvalue weighted by Gasteiger charge is -2.07. The highest BCUT2D eigenvalue weighted by molar-refractivity contribution is 5.77. The molecule has 0 saturated carbocycles. The molecule has 1 N–H and O–H groups in total. The van der Waals surface area contributed by atoms with Crippen LogP contribution in [0.15, 0.2) is 24.3 Å². The number of carbonyl (C=O) groups is 2. The first-order chi connectivity index (χ1) is 10.0. The lowest BCUT2D eigenvalue weighted by Crippen LogP contribution is -2.30. The van der Waals surface area contributed by atoms with Crippen molar-refractivity contribution in [3.05, 3.63) is 34.4 Å². The minimum atomic E-state index is -0.580. The van der Waals surface area contributed by atoms with Crippen LogP contribution in [0.3, 0.4) is 0 Å². The smallest absolute Gasteiger partial charge is 0.310 e. The van der Waals surface area contributed by atoms with E-state index in [-0.39, 0.29) is 30.4 Å². The van der Waals surface area contributed by atoms with Crippen molar-refractivity contribution < 1.29 is 24.0 Å². The van der Waals surface area contributed by atoms with Gasteiger partial charge in [0.05, 0.1) is 12.0 Å². The molecule has 1 rings (SSSR count). The molecule has 0 radical (unpaired) electrons. The second-order valence-corrected chi connectivity index (χ2v) is 4.04. The van der Waals surface area contributed by atoms with Crippen LogP contribution in [0.25, 0.3) is 0 Å². The predicted octanol–water partition coefficient (Wildman–Crippen LogP) is 1.04. The normalized spacial score (nSPS) is 9.76. The maximum absolute atomic E-state index is 11.5. The van der Waals surface area contributed by atoms with Gasteiger partial charge in [0.25, 0.3) is 5.91 Å². The fourth-order valence-electron chi connectivity index (χ4n) is 1.49. The number of amides is 1. The lowest BCUT2D eigenvalue weighted by molar-refractivity contribution is -0.385. The van der Waals surface area contributed by atoms with Crippen molar-refractivity contribution in [1.82, 2.24) is 5.32 Å². The number of nitro groups is 1. The second kappa shape index (κ2) is 8.51. The molecule has 0 aromatic heterocycles. The largest absolute Gasteiger partial charge is 0.477 e.